The number of aromatic hydroxyl groups is 1. The van der Waals surface area contributed by atoms with E-state index in [-0.39, 0.29) is 13.0 Å². The van der Waals surface area contributed by atoms with Crippen molar-refractivity contribution in [2.24, 2.45) is 0 Å². The van der Waals surface area contributed by atoms with Crippen LogP contribution in [0, 0.1) is 5.82 Å². The normalized spacial score (nSPS) is 10.0. The molecule has 0 bridgehead atoms. The highest BCUT2D eigenvalue weighted by atomic mass is 19.1. The van der Waals surface area contributed by atoms with Gasteiger partial charge in [-0.3, -0.25) is 9.59 Å². The van der Waals surface area contributed by atoms with Crippen LogP contribution in [0.5, 0.6) is 5.75 Å². The lowest BCUT2D eigenvalue weighted by Crippen LogP contribution is -2.29. The molecule has 0 saturated heterocycles. The summed E-state index contributed by atoms with van der Waals surface area (Å²) >= 11 is 0. The molecule has 0 aliphatic heterocycles. The Balaban J connectivity index is 2.85. The molecule has 1 aromatic carbocycles. The van der Waals surface area contributed by atoms with E-state index < -0.39 is 29.0 Å². The van der Waals surface area contributed by atoms with Crippen LogP contribution in [0.3, 0.4) is 0 Å². The third-order valence-corrected chi connectivity index (χ3v) is 2.21. The summed E-state index contributed by atoms with van der Waals surface area (Å²) in [6.07, 6.45) is -0.239. The average molecular weight is 241 g/mol. The number of benzene rings is 1. The number of aliphatic carboxylic acids is 1. The Hall–Kier alpha value is -2.11. The molecule has 5 nitrogen and oxygen atoms in total. The van der Waals surface area contributed by atoms with Gasteiger partial charge in [0.05, 0.1) is 6.42 Å². The fraction of sp³-hybridized carbons (Fsp3) is 0.273. The van der Waals surface area contributed by atoms with Crippen molar-refractivity contribution in [3.63, 3.8) is 0 Å². The van der Waals surface area contributed by atoms with E-state index in [1.54, 1.807) is 0 Å². The molecule has 1 aromatic rings. The van der Waals surface area contributed by atoms with Crippen molar-refractivity contribution in [1.82, 2.24) is 4.90 Å². The zero-order valence-corrected chi connectivity index (χ0v) is 9.18. The molecule has 0 atom stereocenters. The number of hydrogen-bond acceptors (Lipinski definition) is 3. The number of amides is 1. The number of rotatable bonds is 4. The Labute approximate surface area is 97.1 Å². The summed E-state index contributed by atoms with van der Waals surface area (Å²) in [7, 11) is 1.34. The van der Waals surface area contributed by atoms with Crippen LogP contribution in [-0.2, 0) is 4.79 Å². The van der Waals surface area contributed by atoms with E-state index in [4.69, 9.17) is 5.11 Å². The molecule has 1 rings (SSSR count). The molecular weight excluding hydrogens is 229 g/mol. The van der Waals surface area contributed by atoms with Crippen LogP contribution in [0.4, 0.5) is 4.39 Å². The molecule has 6 heteroatoms. The summed E-state index contributed by atoms with van der Waals surface area (Å²) in [6, 6.07) is 3.53. The first-order valence-corrected chi connectivity index (χ1v) is 4.88. The Morgan fingerprint density at radius 1 is 1.41 bits per heavy atom. The van der Waals surface area contributed by atoms with Crippen molar-refractivity contribution in [2.45, 2.75) is 6.42 Å². The first-order chi connectivity index (χ1) is 7.93. The second-order valence-electron chi connectivity index (χ2n) is 3.50. The van der Waals surface area contributed by atoms with Crippen molar-refractivity contribution >= 4 is 11.9 Å². The van der Waals surface area contributed by atoms with Crippen LogP contribution < -0.4 is 0 Å². The smallest absolute Gasteiger partial charge is 0.305 e. The quantitative estimate of drug-likeness (QED) is 0.826. The van der Waals surface area contributed by atoms with Crippen molar-refractivity contribution < 1.29 is 24.2 Å². The number of hydrogen-bond donors (Lipinski definition) is 2. The minimum absolute atomic E-state index is 0.0536. The molecule has 92 valence electrons. The molecule has 0 spiro atoms. The molecule has 0 heterocycles. The summed E-state index contributed by atoms with van der Waals surface area (Å²) in [4.78, 5) is 23.1. The van der Waals surface area contributed by atoms with E-state index in [9.17, 15) is 19.1 Å². The Morgan fingerprint density at radius 3 is 2.59 bits per heavy atom. The molecule has 0 aliphatic rings. The monoisotopic (exact) mass is 241 g/mol. The van der Waals surface area contributed by atoms with Crippen molar-refractivity contribution in [3.8, 4) is 5.75 Å². The SMILES string of the molecule is CN(CCC(=O)O)C(=O)c1c(O)cccc1F. The molecule has 0 aromatic heterocycles. The zero-order valence-electron chi connectivity index (χ0n) is 9.18. The Bertz CT molecular complexity index is 427. The van der Waals surface area contributed by atoms with Gasteiger partial charge in [-0.2, -0.15) is 0 Å². The van der Waals surface area contributed by atoms with Crippen LogP contribution in [0.2, 0.25) is 0 Å². The minimum Gasteiger partial charge on any atom is -0.507 e. The number of carbonyl (C=O) groups excluding carboxylic acids is 1. The van der Waals surface area contributed by atoms with Gasteiger partial charge in [0.2, 0.25) is 0 Å². The van der Waals surface area contributed by atoms with Crippen LogP contribution in [0.25, 0.3) is 0 Å². The third kappa shape index (κ3) is 3.17. The number of phenolic OH excluding ortho intramolecular Hbond substituents is 1. The zero-order chi connectivity index (χ0) is 13.0. The summed E-state index contributed by atoms with van der Waals surface area (Å²) in [5.74, 6) is -3.10. The standard InChI is InChI=1S/C11H12FNO4/c1-13(6-5-9(15)16)11(17)10-7(12)3-2-4-8(10)14/h2-4,14H,5-6H2,1H3,(H,15,16). The molecule has 1 amide bonds. The topological polar surface area (TPSA) is 77.8 Å². The maximum Gasteiger partial charge on any atom is 0.305 e. The molecule has 17 heavy (non-hydrogen) atoms. The first-order valence-electron chi connectivity index (χ1n) is 4.88. The fourth-order valence-corrected chi connectivity index (χ4v) is 1.28. The predicted octanol–water partition coefficient (Wildman–Crippen LogP) is 1.08. The van der Waals surface area contributed by atoms with Gasteiger partial charge >= 0.3 is 5.97 Å². The summed E-state index contributed by atoms with van der Waals surface area (Å²) in [6.45, 7) is -0.0536. The molecular formula is C11H12FNO4. The number of nitrogens with zero attached hydrogens (tertiary/aromatic N) is 1. The molecule has 0 aliphatic carbocycles. The minimum atomic E-state index is -1.05. The van der Waals surface area contributed by atoms with Crippen LogP contribution in [0.15, 0.2) is 18.2 Å². The van der Waals surface area contributed by atoms with E-state index >= 15 is 0 Å². The summed E-state index contributed by atoms with van der Waals surface area (Å²) in [5, 5.41) is 17.8. The molecule has 0 unspecified atom stereocenters. The van der Waals surface area contributed by atoms with E-state index in [2.05, 4.69) is 0 Å². The van der Waals surface area contributed by atoms with Gasteiger partial charge in [-0.1, -0.05) is 6.07 Å². The largest absolute Gasteiger partial charge is 0.507 e. The van der Waals surface area contributed by atoms with Gasteiger partial charge in [0.1, 0.15) is 17.1 Å². The highest BCUT2D eigenvalue weighted by Gasteiger charge is 2.20. The van der Waals surface area contributed by atoms with E-state index in [1.165, 1.54) is 19.2 Å². The van der Waals surface area contributed by atoms with E-state index in [0.29, 0.717) is 0 Å². The number of carboxylic acids is 1. The van der Waals surface area contributed by atoms with E-state index in [0.717, 1.165) is 11.0 Å². The predicted molar refractivity (Wildman–Crippen MR) is 57.3 cm³/mol. The maximum atomic E-state index is 13.3. The van der Waals surface area contributed by atoms with Crippen LogP contribution in [-0.4, -0.2) is 40.6 Å². The highest BCUT2D eigenvalue weighted by molar-refractivity contribution is 5.97. The van der Waals surface area contributed by atoms with Gasteiger partial charge in [-0.05, 0) is 12.1 Å². The Kier molecular flexibility index (Phi) is 4.03. The van der Waals surface area contributed by atoms with E-state index in [1.807, 2.05) is 0 Å². The number of carbonyl (C=O) groups is 2. The molecule has 0 fully saturated rings. The van der Waals surface area contributed by atoms with Gasteiger partial charge < -0.3 is 15.1 Å². The van der Waals surface area contributed by atoms with Gasteiger partial charge in [-0.15, -0.1) is 0 Å². The van der Waals surface area contributed by atoms with Crippen LogP contribution in [0.1, 0.15) is 16.8 Å². The third-order valence-electron chi connectivity index (χ3n) is 2.21. The lowest BCUT2D eigenvalue weighted by molar-refractivity contribution is -0.137. The number of carboxylic acid groups (broad SMARTS) is 1. The number of phenols is 1. The van der Waals surface area contributed by atoms with Gasteiger partial charge in [0.25, 0.3) is 5.91 Å². The van der Waals surface area contributed by atoms with Crippen molar-refractivity contribution in [2.75, 3.05) is 13.6 Å². The molecule has 0 saturated carbocycles. The lowest BCUT2D eigenvalue weighted by Gasteiger charge is -2.16. The summed E-state index contributed by atoms with van der Waals surface area (Å²) in [5.41, 5.74) is -0.444. The second kappa shape index (κ2) is 5.29. The Morgan fingerprint density at radius 2 is 2.06 bits per heavy atom. The molecule has 2 N–H and O–H groups in total. The first kappa shape index (κ1) is 13.0. The van der Waals surface area contributed by atoms with Crippen molar-refractivity contribution in [3.05, 3.63) is 29.6 Å². The van der Waals surface area contributed by atoms with Gasteiger partial charge in [0.15, 0.2) is 0 Å². The van der Waals surface area contributed by atoms with Crippen molar-refractivity contribution in [1.29, 1.82) is 0 Å². The van der Waals surface area contributed by atoms with Gasteiger partial charge in [-0.25, -0.2) is 4.39 Å². The summed E-state index contributed by atoms with van der Waals surface area (Å²) < 4.78 is 13.3. The second-order valence-corrected chi connectivity index (χ2v) is 3.50. The molecule has 0 radical (unpaired) electrons. The maximum absolute atomic E-state index is 13.3. The fourth-order valence-electron chi connectivity index (χ4n) is 1.28. The number of halogens is 1. The lowest BCUT2D eigenvalue weighted by atomic mass is 10.1. The van der Waals surface area contributed by atoms with Crippen LogP contribution >= 0.6 is 0 Å². The highest BCUT2D eigenvalue weighted by Crippen LogP contribution is 2.21. The van der Waals surface area contributed by atoms with Gasteiger partial charge in [0, 0.05) is 13.6 Å². The average Bonchev–Trinajstić information content (AvgIpc) is 2.25.